The minimum atomic E-state index is 0.506. The molecule has 0 bridgehead atoms. The fraction of sp³-hybridized carbons (Fsp3) is 0.0833. The number of oxime groups is 1. The summed E-state index contributed by atoms with van der Waals surface area (Å²) in [5.41, 5.74) is 2.01. The maximum Gasteiger partial charge on any atom is 0.149 e. The van der Waals surface area contributed by atoms with Gasteiger partial charge in [0.25, 0.3) is 0 Å². The van der Waals surface area contributed by atoms with Crippen LogP contribution in [0.4, 0.5) is 0 Å². The van der Waals surface area contributed by atoms with Gasteiger partial charge in [0.2, 0.25) is 0 Å². The van der Waals surface area contributed by atoms with Gasteiger partial charge < -0.3 is 9.62 Å². The molecule has 0 spiro atoms. The highest BCUT2D eigenvalue weighted by atomic mass is 35.5. The lowest BCUT2D eigenvalue weighted by Gasteiger charge is -2.02. The van der Waals surface area contributed by atoms with Crippen molar-refractivity contribution in [3.05, 3.63) is 46.7 Å². The van der Waals surface area contributed by atoms with E-state index in [-0.39, 0.29) is 0 Å². The van der Waals surface area contributed by atoms with Crippen LogP contribution in [-0.2, 0) is 0 Å². The molecule has 1 heterocycles. The van der Waals surface area contributed by atoms with E-state index in [1.54, 1.807) is 6.07 Å². The number of hydrogen-bond acceptors (Lipinski definition) is 3. The van der Waals surface area contributed by atoms with Gasteiger partial charge in [-0.1, -0.05) is 16.8 Å². The van der Waals surface area contributed by atoms with Gasteiger partial charge in [-0.15, -0.1) is 0 Å². The van der Waals surface area contributed by atoms with E-state index in [9.17, 15) is 0 Å². The summed E-state index contributed by atoms with van der Waals surface area (Å²) in [7, 11) is 0. The average Bonchev–Trinajstić information content (AvgIpc) is 2.67. The predicted molar refractivity (Wildman–Crippen MR) is 63.3 cm³/mol. The molecule has 1 aromatic carbocycles. The minimum absolute atomic E-state index is 0.506. The summed E-state index contributed by atoms with van der Waals surface area (Å²) in [6.07, 6.45) is 1.24. The third-order valence-corrected chi connectivity index (χ3v) is 2.50. The van der Waals surface area contributed by atoms with Gasteiger partial charge in [0.1, 0.15) is 17.7 Å². The fourth-order valence-electron chi connectivity index (χ4n) is 1.53. The number of halogens is 1. The molecular weight excluding hydrogens is 226 g/mol. The first-order chi connectivity index (χ1) is 7.70. The van der Waals surface area contributed by atoms with Crippen molar-refractivity contribution in [2.75, 3.05) is 0 Å². The van der Waals surface area contributed by atoms with Crippen molar-refractivity contribution in [2.45, 2.75) is 6.92 Å². The smallest absolute Gasteiger partial charge is 0.149 e. The summed E-state index contributed by atoms with van der Waals surface area (Å²) >= 11 is 5.87. The zero-order valence-corrected chi connectivity index (χ0v) is 9.40. The second-order valence-corrected chi connectivity index (χ2v) is 3.84. The molecule has 4 heteroatoms. The molecule has 0 saturated carbocycles. The van der Waals surface area contributed by atoms with Crippen molar-refractivity contribution in [1.82, 2.24) is 0 Å². The van der Waals surface area contributed by atoms with Crippen LogP contribution >= 0.6 is 11.6 Å². The molecule has 3 nitrogen and oxygen atoms in total. The van der Waals surface area contributed by atoms with Crippen LogP contribution in [0, 0.1) is 6.92 Å². The van der Waals surface area contributed by atoms with Crippen molar-refractivity contribution in [2.24, 2.45) is 5.16 Å². The van der Waals surface area contributed by atoms with Gasteiger partial charge in [-0.05, 0) is 42.8 Å². The SMILES string of the molecule is Cc1cc(Cl)ccc1-c1ccc(/C=N/O)o1. The lowest BCUT2D eigenvalue weighted by Crippen LogP contribution is -1.80. The fourth-order valence-corrected chi connectivity index (χ4v) is 1.75. The molecule has 0 atom stereocenters. The lowest BCUT2D eigenvalue weighted by atomic mass is 10.1. The minimum Gasteiger partial charge on any atom is -0.455 e. The number of benzene rings is 1. The second kappa shape index (κ2) is 4.41. The van der Waals surface area contributed by atoms with Crippen molar-refractivity contribution in [3.63, 3.8) is 0 Å². The quantitative estimate of drug-likeness (QED) is 0.490. The Morgan fingerprint density at radius 3 is 2.81 bits per heavy atom. The molecule has 0 aliphatic rings. The zero-order valence-electron chi connectivity index (χ0n) is 8.64. The van der Waals surface area contributed by atoms with Gasteiger partial charge in [-0.25, -0.2) is 0 Å². The molecule has 2 rings (SSSR count). The molecule has 0 fully saturated rings. The Kier molecular flexibility index (Phi) is 2.97. The number of furan rings is 1. The van der Waals surface area contributed by atoms with E-state index < -0.39 is 0 Å². The molecule has 0 saturated heterocycles. The Morgan fingerprint density at radius 2 is 2.12 bits per heavy atom. The highest BCUT2D eigenvalue weighted by molar-refractivity contribution is 6.30. The van der Waals surface area contributed by atoms with Crippen LogP contribution in [-0.4, -0.2) is 11.4 Å². The van der Waals surface area contributed by atoms with Crippen molar-refractivity contribution in [3.8, 4) is 11.3 Å². The van der Waals surface area contributed by atoms with Crippen molar-refractivity contribution < 1.29 is 9.62 Å². The van der Waals surface area contributed by atoms with E-state index in [1.165, 1.54) is 6.21 Å². The average molecular weight is 236 g/mol. The maximum absolute atomic E-state index is 8.38. The number of hydrogen-bond donors (Lipinski definition) is 1. The van der Waals surface area contributed by atoms with E-state index in [2.05, 4.69) is 5.16 Å². The van der Waals surface area contributed by atoms with E-state index in [0.29, 0.717) is 10.8 Å². The highest BCUT2D eigenvalue weighted by Gasteiger charge is 2.06. The Balaban J connectivity index is 2.42. The molecule has 2 aromatic rings. The van der Waals surface area contributed by atoms with Crippen molar-refractivity contribution >= 4 is 17.8 Å². The molecule has 0 aliphatic carbocycles. The van der Waals surface area contributed by atoms with Crippen LogP contribution in [0.5, 0.6) is 0 Å². The van der Waals surface area contributed by atoms with E-state index in [4.69, 9.17) is 21.2 Å². The normalized spacial score (nSPS) is 11.1. The Labute approximate surface area is 98.0 Å². The topological polar surface area (TPSA) is 45.7 Å². The van der Waals surface area contributed by atoms with Crippen LogP contribution in [0.15, 0.2) is 39.9 Å². The number of aryl methyl sites for hydroxylation is 1. The van der Waals surface area contributed by atoms with Gasteiger partial charge in [-0.2, -0.15) is 0 Å². The molecule has 0 aliphatic heterocycles. The van der Waals surface area contributed by atoms with Crippen LogP contribution in [0.2, 0.25) is 5.02 Å². The van der Waals surface area contributed by atoms with Crippen LogP contribution in [0.25, 0.3) is 11.3 Å². The molecule has 82 valence electrons. The van der Waals surface area contributed by atoms with Gasteiger partial charge in [0, 0.05) is 10.6 Å². The second-order valence-electron chi connectivity index (χ2n) is 3.41. The number of nitrogens with zero attached hydrogens (tertiary/aromatic N) is 1. The largest absolute Gasteiger partial charge is 0.455 e. The predicted octanol–water partition coefficient (Wildman–Crippen LogP) is 3.72. The Bertz CT molecular complexity index is 532. The van der Waals surface area contributed by atoms with Gasteiger partial charge in [0.15, 0.2) is 0 Å². The van der Waals surface area contributed by atoms with Crippen LogP contribution in [0.3, 0.4) is 0 Å². The molecule has 0 unspecified atom stereocenters. The van der Waals surface area contributed by atoms with Crippen LogP contribution < -0.4 is 0 Å². The molecule has 16 heavy (non-hydrogen) atoms. The lowest BCUT2D eigenvalue weighted by molar-refractivity contribution is 0.321. The summed E-state index contributed by atoms with van der Waals surface area (Å²) in [5.74, 6) is 1.23. The highest BCUT2D eigenvalue weighted by Crippen LogP contribution is 2.27. The van der Waals surface area contributed by atoms with Crippen molar-refractivity contribution in [1.29, 1.82) is 0 Å². The third kappa shape index (κ3) is 2.09. The van der Waals surface area contributed by atoms with E-state index in [0.717, 1.165) is 16.9 Å². The van der Waals surface area contributed by atoms with E-state index in [1.807, 2.05) is 31.2 Å². The van der Waals surface area contributed by atoms with E-state index >= 15 is 0 Å². The Hall–Kier alpha value is -1.74. The summed E-state index contributed by atoms with van der Waals surface area (Å²) < 4.78 is 5.48. The standard InChI is InChI=1S/C12H10ClNO2/c1-8-6-9(13)2-4-11(8)12-5-3-10(16-12)7-14-15/h2-7,15H,1H3/b14-7+. The summed E-state index contributed by atoms with van der Waals surface area (Å²) in [5, 5.41) is 12.0. The van der Waals surface area contributed by atoms with Gasteiger partial charge in [-0.3, -0.25) is 0 Å². The van der Waals surface area contributed by atoms with Crippen LogP contribution in [0.1, 0.15) is 11.3 Å². The summed E-state index contributed by atoms with van der Waals surface area (Å²) in [4.78, 5) is 0. The first kappa shape index (κ1) is 10.8. The summed E-state index contributed by atoms with van der Waals surface area (Å²) in [6, 6.07) is 9.15. The first-order valence-electron chi connectivity index (χ1n) is 4.74. The first-order valence-corrected chi connectivity index (χ1v) is 5.12. The molecule has 0 amide bonds. The van der Waals surface area contributed by atoms with Gasteiger partial charge in [0.05, 0.1) is 0 Å². The zero-order chi connectivity index (χ0) is 11.5. The number of rotatable bonds is 2. The Morgan fingerprint density at radius 1 is 1.31 bits per heavy atom. The van der Waals surface area contributed by atoms with Gasteiger partial charge >= 0.3 is 0 Å². The molecule has 0 radical (unpaired) electrons. The molecule has 1 N–H and O–H groups in total. The third-order valence-electron chi connectivity index (χ3n) is 2.27. The summed E-state index contributed by atoms with van der Waals surface area (Å²) in [6.45, 7) is 1.96. The molecular formula is C12H10ClNO2. The maximum atomic E-state index is 8.38. The molecule has 1 aromatic heterocycles. The monoisotopic (exact) mass is 235 g/mol.